The largest absolute Gasteiger partial charge is 0.456 e. The van der Waals surface area contributed by atoms with Gasteiger partial charge in [0.2, 0.25) is 0 Å². The van der Waals surface area contributed by atoms with Crippen LogP contribution in [0.5, 0.6) is 0 Å². The number of H-pyrrole nitrogens is 1. The van der Waals surface area contributed by atoms with Crippen molar-refractivity contribution in [3.8, 4) is 6.07 Å². The molecule has 0 bridgehead atoms. The first-order valence-electron chi connectivity index (χ1n) is 8.16. The maximum absolute atomic E-state index is 11.9. The summed E-state index contributed by atoms with van der Waals surface area (Å²) >= 11 is 5.94. The van der Waals surface area contributed by atoms with Gasteiger partial charge in [-0.1, -0.05) is 23.7 Å². The fourth-order valence-corrected chi connectivity index (χ4v) is 2.80. The lowest BCUT2D eigenvalue weighted by atomic mass is 9.99. The van der Waals surface area contributed by atoms with Crippen molar-refractivity contribution in [3.05, 3.63) is 62.0 Å². The molecule has 0 spiro atoms. The molecule has 0 fully saturated rings. The van der Waals surface area contributed by atoms with E-state index in [-0.39, 0.29) is 18.4 Å². The van der Waals surface area contributed by atoms with Gasteiger partial charge in [0, 0.05) is 12.1 Å². The number of aromatic nitrogens is 1. The van der Waals surface area contributed by atoms with Crippen LogP contribution in [0, 0.1) is 25.2 Å². The van der Waals surface area contributed by atoms with Crippen LogP contribution in [-0.4, -0.2) is 23.5 Å². The maximum atomic E-state index is 11.9. The zero-order valence-corrected chi connectivity index (χ0v) is 15.6. The smallest absolute Gasteiger partial charge is 0.306 e. The number of amides is 1. The molecular formula is C19H18ClN3O4. The number of nitrogens with zero attached hydrogens (tertiary/aromatic N) is 1. The van der Waals surface area contributed by atoms with Crippen molar-refractivity contribution >= 4 is 29.2 Å². The third kappa shape index (κ3) is 5.19. The summed E-state index contributed by atoms with van der Waals surface area (Å²) in [7, 11) is 0. The molecule has 2 rings (SSSR count). The number of pyridine rings is 1. The molecule has 0 atom stereocenters. The molecule has 0 saturated heterocycles. The Labute approximate surface area is 160 Å². The Hall–Kier alpha value is -3.11. The molecule has 0 radical (unpaired) electrons. The number of halogens is 1. The molecule has 0 aliphatic carbocycles. The average Bonchev–Trinajstić information content (AvgIpc) is 2.62. The Balaban J connectivity index is 1.90. The van der Waals surface area contributed by atoms with Crippen LogP contribution in [0.1, 0.15) is 28.8 Å². The minimum absolute atomic E-state index is 0.0119. The molecule has 7 nitrogen and oxygen atoms in total. The molecule has 140 valence electrons. The van der Waals surface area contributed by atoms with E-state index in [0.717, 1.165) is 0 Å². The number of esters is 1. The van der Waals surface area contributed by atoms with Crippen molar-refractivity contribution in [2.75, 3.05) is 11.9 Å². The highest BCUT2D eigenvalue weighted by atomic mass is 35.5. The number of ether oxygens (including phenoxy) is 1. The van der Waals surface area contributed by atoms with E-state index in [4.69, 9.17) is 21.6 Å². The van der Waals surface area contributed by atoms with Gasteiger partial charge in [0.15, 0.2) is 6.61 Å². The first kappa shape index (κ1) is 20.2. The standard InChI is InChI=1S/C19H18ClN3O4/c1-11-13(12(2)22-19(26)14(11)9-21)7-8-18(25)27-10-17(24)23-16-6-4-3-5-15(16)20/h3-6H,7-8,10H2,1-2H3,(H,22,26)(H,23,24). The molecule has 2 aromatic rings. The minimum atomic E-state index is -0.562. The highest BCUT2D eigenvalue weighted by Crippen LogP contribution is 2.20. The monoisotopic (exact) mass is 387 g/mol. The summed E-state index contributed by atoms with van der Waals surface area (Å²) in [6.07, 6.45) is 0.298. The highest BCUT2D eigenvalue weighted by Gasteiger charge is 2.15. The predicted molar refractivity (Wildman–Crippen MR) is 101 cm³/mol. The molecule has 8 heteroatoms. The number of carbonyl (C=O) groups excluding carboxylic acids is 2. The minimum Gasteiger partial charge on any atom is -0.456 e. The first-order chi connectivity index (χ1) is 12.8. The van der Waals surface area contributed by atoms with E-state index in [1.807, 2.05) is 6.07 Å². The number of nitrogens with one attached hydrogen (secondary N) is 2. The van der Waals surface area contributed by atoms with Gasteiger partial charge >= 0.3 is 5.97 Å². The third-order valence-electron chi connectivity index (χ3n) is 4.01. The number of anilines is 1. The summed E-state index contributed by atoms with van der Waals surface area (Å²) in [6.45, 7) is 2.93. The number of hydrogen-bond donors (Lipinski definition) is 2. The molecule has 2 N–H and O–H groups in total. The molecule has 1 amide bonds. The summed E-state index contributed by atoms with van der Waals surface area (Å²) < 4.78 is 4.97. The second-order valence-electron chi connectivity index (χ2n) is 5.86. The van der Waals surface area contributed by atoms with Crippen LogP contribution in [0.25, 0.3) is 0 Å². The lowest BCUT2D eigenvalue weighted by Crippen LogP contribution is -2.21. The number of nitriles is 1. The van der Waals surface area contributed by atoms with E-state index in [9.17, 15) is 14.4 Å². The molecule has 0 unspecified atom stereocenters. The van der Waals surface area contributed by atoms with Crippen molar-refractivity contribution in [3.63, 3.8) is 0 Å². The molecule has 1 heterocycles. The Kier molecular flexibility index (Phi) is 6.74. The van der Waals surface area contributed by atoms with E-state index in [1.54, 1.807) is 38.1 Å². The summed E-state index contributed by atoms with van der Waals surface area (Å²) in [4.78, 5) is 38.1. The summed E-state index contributed by atoms with van der Waals surface area (Å²) in [5, 5.41) is 12.0. The quantitative estimate of drug-likeness (QED) is 0.740. The number of rotatable bonds is 6. The van der Waals surface area contributed by atoms with Crippen LogP contribution in [-0.2, 0) is 20.7 Å². The Bertz CT molecular complexity index is 976. The Morgan fingerprint density at radius 1 is 1.30 bits per heavy atom. The van der Waals surface area contributed by atoms with E-state index in [2.05, 4.69) is 10.3 Å². The summed E-state index contributed by atoms with van der Waals surface area (Å²) in [5.74, 6) is -1.06. The van der Waals surface area contributed by atoms with Gasteiger partial charge in [-0.2, -0.15) is 5.26 Å². The van der Waals surface area contributed by atoms with Gasteiger partial charge < -0.3 is 15.0 Å². The van der Waals surface area contributed by atoms with E-state index >= 15 is 0 Å². The van der Waals surface area contributed by atoms with E-state index < -0.39 is 24.0 Å². The molecule has 1 aromatic carbocycles. The number of aryl methyl sites for hydroxylation is 1. The predicted octanol–water partition coefficient (Wildman–Crippen LogP) is 2.63. The van der Waals surface area contributed by atoms with Crippen LogP contribution in [0.3, 0.4) is 0 Å². The van der Waals surface area contributed by atoms with E-state index in [1.165, 1.54) is 0 Å². The Morgan fingerprint density at radius 3 is 2.67 bits per heavy atom. The van der Waals surface area contributed by atoms with Gasteiger partial charge in [0.05, 0.1) is 10.7 Å². The topological polar surface area (TPSA) is 112 Å². The zero-order chi connectivity index (χ0) is 20.0. The normalized spacial score (nSPS) is 10.1. The SMILES string of the molecule is Cc1[nH]c(=O)c(C#N)c(C)c1CCC(=O)OCC(=O)Nc1ccccc1Cl. The van der Waals surface area contributed by atoms with Gasteiger partial charge in [-0.15, -0.1) is 0 Å². The fourth-order valence-electron chi connectivity index (χ4n) is 2.61. The second-order valence-corrected chi connectivity index (χ2v) is 6.27. The van der Waals surface area contributed by atoms with Crippen molar-refractivity contribution in [1.82, 2.24) is 4.98 Å². The number of benzene rings is 1. The van der Waals surface area contributed by atoms with Crippen LogP contribution in [0.15, 0.2) is 29.1 Å². The van der Waals surface area contributed by atoms with Crippen LogP contribution >= 0.6 is 11.6 Å². The van der Waals surface area contributed by atoms with Crippen LogP contribution in [0.4, 0.5) is 5.69 Å². The van der Waals surface area contributed by atoms with Crippen molar-refractivity contribution in [2.24, 2.45) is 0 Å². The fraction of sp³-hybridized carbons (Fsp3) is 0.263. The van der Waals surface area contributed by atoms with Gasteiger partial charge in [-0.3, -0.25) is 14.4 Å². The van der Waals surface area contributed by atoms with Crippen molar-refractivity contribution in [2.45, 2.75) is 26.7 Å². The van der Waals surface area contributed by atoms with E-state index in [0.29, 0.717) is 27.5 Å². The van der Waals surface area contributed by atoms with Gasteiger partial charge in [0.25, 0.3) is 11.5 Å². The molecule has 0 saturated carbocycles. The van der Waals surface area contributed by atoms with Crippen molar-refractivity contribution < 1.29 is 14.3 Å². The molecule has 0 aliphatic rings. The number of carbonyl (C=O) groups is 2. The maximum Gasteiger partial charge on any atom is 0.306 e. The lowest BCUT2D eigenvalue weighted by Gasteiger charge is -2.11. The Morgan fingerprint density at radius 2 is 2.00 bits per heavy atom. The average molecular weight is 388 g/mol. The molecular weight excluding hydrogens is 370 g/mol. The van der Waals surface area contributed by atoms with Crippen LogP contribution < -0.4 is 10.9 Å². The second kappa shape index (κ2) is 9.01. The van der Waals surface area contributed by atoms with Gasteiger partial charge in [0.1, 0.15) is 11.6 Å². The number of para-hydroxylation sites is 1. The lowest BCUT2D eigenvalue weighted by molar-refractivity contribution is -0.147. The molecule has 1 aromatic heterocycles. The van der Waals surface area contributed by atoms with Gasteiger partial charge in [-0.25, -0.2) is 0 Å². The number of hydrogen-bond acceptors (Lipinski definition) is 5. The summed E-state index contributed by atoms with van der Waals surface area (Å²) in [5.41, 5.74) is 1.87. The third-order valence-corrected chi connectivity index (χ3v) is 4.34. The van der Waals surface area contributed by atoms with Crippen LogP contribution in [0.2, 0.25) is 5.02 Å². The highest BCUT2D eigenvalue weighted by molar-refractivity contribution is 6.33. The first-order valence-corrected chi connectivity index (χ1v) is 8.53. The summed E-state index contributed by atoms with van der Waals surface area (Å²) in [6, 6.07) is 8.58. The molecule has 27 heavy (non-hydrogen) atoms. The van der Waals surface area contributed by atoms with Crippen molar-refractivity contribution in [1.29, 1.82) is 5.26 Å². The zero-order valence-electron chi connectivity index (χ0n) is 14.9. The molecule has 0 aliphatic heterocycles. The van der Waals surface area contributed by atoms with Gasteiger partial charge in [-0.05, 0) is 43.5 Å². The number of aromatic amines is 1.